The van der Waals surface area contributed by atoms with E-state index in [1.807, 2.05) is 12.1 Å². The van der Waals surface area contributed by atoms with E-state index in [2.05, 4.69) is 5.32 Å². The Morgan fingerprint density at radius 1 is 1.18 bits per heavy atom. The van der Waals surface area contributed by atoms with E-state index in [4.69, 9.17) is 21.4 Å². The second kappa shape index (κ2) is 5.89. The van der Waals surface area contributed by atoms with Crippen LogP contribution in [0.4, 0.5) is 0 Å². The molecule has 1 saturated carbocycles. The Morgan fingerprint density at radius 2 is 1.82 bits per heavy atom. The Kier molecular flexibility index (Phi) is 4.10. The number of hydrogen-bond acceptors (Lipinski definition) is 3. The summed E-state index contributed by atoms with van der Waals surface area (Å²) in [6.45, 7) is 1.13. The summed E-state index contributed by atoms with van der Waals surface area (Å²) in [6.07, 6.45) is 1.77. The fourth-order valence-electron chi connectivity index (χ4n) is 3.06. The summed E-state index contributed by atoms with van der Waals surface area (Å²) in [6, 6.07) is 7.43. The van der Waals surface area contributed by atoms with Crippen molar-refractivity contribution >= 4 is 23.5 Å². The van der Waals surface area contributed by atoms with Gasteiger partial charge in [-0.2, -0.15) is 0 Å². The number of rotatable bonds is 4. The maximum atomic E-state index is 12.4. The maximum Gasteiger partial charge on any atom is 0.307 e. The van der Waals surface area contributed by atoms with E-state index in [1.54, 1.807) is 12.1 Å². The van der Waals surface area contributed by atoms with Crippen molar-refractivity contribution in [3.05, 3.63) is 34.9 Å². The van der Waals surface area contributed by atoms with Crippen molar-refractivity contribution < 1.29 is 19.4 Å². The lowest BCUT2D eigenvalue weighted by molar-refractivity contribution is -0.140. The first kappa shape index (κ1) is 15.3. The third-order valence-corrected chi connectivity index (χ3v) is 4.80. The topological polar surface area (TPSA) is 75.6 Å². The summed E-state index contributed by atoms with van der Waals surface area (Å²) in [5.74, 6) is -2.02. The van der Waals surface area contributed by atoms with Crippen LogP contribution in [0.15, 0.2) is 24.3 Å². The van der Waals surface area contributed by atoms with Crippen molar-refractivity contribution in [1.29, 1.82) is 0 Å². The molecule has 0 spiro atoms. The van der Waals surface area contributed by atoms with Crippen LogP contribution in [0.3, 0.4) is 0 Å². The number of carbonyl (C=O) groups is 2. The lowest BCUT2D eigenvalue weighted by Crippen LogP contribution is -2.50. The predicted octanol–water partition coefficient (Wildman–Crippen LogP) is 2.18. The highest BCUT2D eigenvalue weighted by Gasteiger charge is 2.50. The van der Waals surface area contributed by atoms with Crippen LogP contribution in [-0.2, 0) is 19.9 Å². The average molecular weight is 324 g/mol. The molecule has 2 atom stereocenters. The second-order valence-electron chi connectivity index (χ2n) is 5.98. The first-order chi connectivity index (χ1) is 10.5. The number of halogens is 1. The zero-order chi connectivity index (χ0) is 15.7. The Labute approximate surface area is 133 Å². The molecule has 0 radical (unpaired) electrons. The monoisotopic (exact) mass is 323 g/mol. The average Bonchev–Trinajstić information content (AvgIpc) is 3.29. The molecule has 1 amide bonds. The Hall–Kier alpha value is -1.59. The van der Waals surface area contributed by atoms with Gasteiger partial charge in [0, 0.05) is 18.2 Å². The highest BCUT2D eigenvalue weighted by Crippen LogP contribution is 2.41. The van der Waals surface area contributed by atoms with Crippen molar-refractivity contribution in [3.63, 3.8) is 0 Å². The Morgan fingerprint density at radius 3 is 2.36 bits per heavy atom. The summed E-state index contributed by atoms with van der Waals surface area (Å²) < 4.78 is 5.42. The first-order valence-electron chi connectivity index (χ1n) is 7.40. The molecule has 2 N–H and O–H groups in total. The molecule has 0 unspecified atom stereocenters. The minimum Gasteiger partial charge on any atom is -0.481 e. The van der Waals surface area contributed by atoms with Crippen molar-refractivity contribution in [1.82, 2.24) is 5.32 Å². The predicted molar refractivity (Wildman–Crippen MR) is 80.6 cm³/mol. The summed E-state index contributed by atoms with van der Waals surface area (Å²) in [5.41, 5.74) is 0.493. The quantitative estimate of drug-likeness (QED) is 0.890. The van der Waals surface area contributed by atoms with Crippen LogP contribution < -0.4 is 5.32 Å². The molecular weight excluding hydrogens is 306 g/mol. The molecule has 22 heavy (non-hydrogen) atoms. The summed E-state index contributed by atoms with van der Waals surface area (Å²) >= 11 is 5.94. The molecule has 6 heteroatoms. The lowest BCUT2D eigenvalue weighted by atomic mass is 9.82. The minimum atomic E-state index is -0.896. The standard InChI is InChI=1S/C16H18ClNO4/c17-11-3-1-10(2-4-11)16(5-7-22-8-6-16)18-14(19)12-9-13(12)15(20)21/h1-4,12-13H,5-9H2,(H,18,19)(H,20,21)/t12-,13-/m0/s1. The van der Waals surface area contributed by atoms with Crippen LogP contribution in [0, 0.1) is 11.8 Å². The molecule has 1 saturated heterocycles. The van der Waals surface area contributed by atoms with E-state index in [0.29, 0.717) is 37.5 Å². The third kappa shape index (κ3) is 2.96. The molecule has 118 valence electrons. The molecule has 2 fully saturated rings. The zero-order valence-electron chi connectivity index (χ0n) is 12.0. The molecule has 1 aliphatic carbocycles. The molecule has 1 aromatic carbocycles. The number of carboxylic acid groups (broad SMARTS) is 1. The SMILES string of the molecule is O=C(O)[C@H]1C[C@@H]1C(=O)NC1(c2ccc(Cl)cc2)CCOCC1. The number of ether oxygens (including phenoxy) is 1. The number of carboxylic acids is 1. The largest absolute Gasteiger partial charge is 0.481 e. The van der Waals surface area contributed by atoms with Crippen molar-refractivity contribution in [2.75, 3.05) is 13.2 Å². The minimum absolute atomic E-state index is 0.177. The fourth-order valence-corrected chi connectivity index (χ4v) is 3.19. The van der Waals surface area contributed by atoms with E-state index in [9.17, 15) is 9.59 Å². The van der Waals surface area contributed by atoms with Crippen LogP contribution in [0.25, 0.3) is 0 Å². The van der Waals surface area contributed by atoms with Gasteiger partial charge in [-0.25, -0.2) is 0 Å². The Balaban J connectivity index is 1.79. The number of hydrogen-bond donors (Lipinski definition) is 2. The van der Waals surface area contributed by atoms with Crippen molar-refractivity contribution in [2.24, 2.45) is 11.8 Å². The van der Waals surface area contributed by atoms with Gasteiger partial charge in [0.2, 0.25) is 5.91 Å². The fraction of sp³-hybridized carbons (Fsp3) is 0.500. The van der Waals surface area contributed by atoms with Crippen molar-refractivity contribution in [3.8, 4) is 0 Å². The van der Waals surface area contributed by atoms with E-state index in [-0.39, 0.29) is 5.91 Å². The Bertz CT molecular complexity index is 580. The third-order valence-electron chi connectivity index (χ3n) is 4.55. The molecule has 2 aliphatic rings. The molecular formula is C16H18ClNO4. The van der Waals surface area contributed by atoms with Gasteiger partial charge >= 0.3 is 5.97 Å². The van der Waals surface area contributed by atoms with Gasteiger partial charge in [-0.05, 0) is 37.0 Å². The van der Waals surface area contributed by atoms with Gasteiger partial charge in [-0.3, -0.25) is 9.59 Å². The smallest absolute Gasteiger partial charge is 0.307 e. The van der Waals surface area contributed by atoms with Gasteiger partial charge in [-0.1, -0.05) is 23.7 Å². The molecule has 1 aliphatic heterocycles. The van der Waals surface area contributed by atoms with E-state index in [0.717, 1.165) is 5.56 Å². The van der Waals surface area contributed by atoms with Crippen LogP contribution in [0.2, 0.25) is 5.02 Å². The van der Waals surface area contributed by atoms with Crippen molar-refractivity contribution in [2.45, 2.75) is 24.8 Å². The molecule has 3 rings (SSSR count). The van der Waals surface area contributed by atoms with Crippen LogP contribution in [0.1, 0.15) is 24.8 Å². The van der Waals surface area contributed by atoms with Gasteiger partial charge in [0.1, 0.15) is 0 Å². The van der Waals surface area contributed by atoms with E-state index < -0.39 is 23.3 Å². The van der Waals surface area contributed by atoms with Gasteiger partial charge in [0.25, 0.3) is 0 Å². The summed E-state index contributed by atoms with van der Waals surface area (Å²) in [7, 11) is 0. The number of amides is 1. The van der Waals surface area contributed by atoms with Crippen LogP contribution in [-0.4, -0.2) is 30.2 Å². The zero-order valence-corrected chi connectivity index (χ0v) is 12.8. The highest BCUT2D eigenvalue weighted by atomic mass is 35.5. The normalized spacial score (nSPS) is 26.2. The summed E-state index contributed by atoms with van der Waals surface area (Å²) in [5, 5.41) is 12.7. The van der Waals surface area contributed by atoms with Crippen LogP contribution >= 0.6 is 11.6 Å². The second-order valence-corrected chi connectivity index (χ2v) is 6.41. The van der Waals surface area contributed by atoms with E-state index in [1.165, 1.54) is 0 Å². The van der Waals surface area contributed by atoms with Gasteiger partial charge in [0.15, 0.2) is 0 Å². The van der Waals surface area contributed by atoms with Gasteiger partial charge in [0.05, 0.1) is 17.4 Å². The highest BCUT2D eigenvalue weighted by molar-refractivity contribution is 6.30. The van der Waals surface area contributed by atoms with Crippen LogP contribution in [0.5, 0.6) is 0 Å². The van der Waals surface area contributed by atoms with Gasteiger partial charge < -0.3 is 15.2 Å². The number of aliphatic carboxylic acids is 1. The molecule has 1 heterocycles. The maximum absolute atomic E-state index is 12.4. The lowest BCUT2D eigenvalue weighted by Gasteiger charge is -2.38. The number of carbonyl (C=O) groups excluding carboxylic acids is 1. The number of benzene rings is 1. The van der Waals surface area contributed by atoms with E-state index >= 15 is 0 Å². The first-order valence-corrected chi connectivity index (χ1v) is 7.78. The molecule has 0 aromatic heterocycles. The molecule has 0 bridgehead atoms. The molecule has 1 aromatic rings. The van der Waals surface area contributed by atoms with Gasteiger partial charge in [-0.15, -0.1) is 0 Å². The summed E-state index contributed by atoms with van der Waals surface area (Å²) in [4.78, 5) is 23.3. The molecule has 5 nitrogen and oxygen atoms in total. The number of nitrogens with one attached hydrogen (secondary N) is 1.